The summed E-state index contributed by atoms with van der Waals surface area (Å²) in [6.45, 7) is 6.08. The van der Waals surface area contributed by atoms with Crippen molar-refractivity contribution in [3.05, 3.63) is 0 Å². The van der Waals surface area contributed by atoms with Crippen LogP contribution in [0.3, 0.4) is 0 Å². The van der Waals surface area contributed by atoms with Crippen molar-refractivity contribution in [3.8, 4) is 0 Å². The first-order valence-electron chi connectivity index (χ1n) is 4.58. The lowest BCUT2D eigenvalue weighted by Crippen LogP contribution is -2.22. The molecular formula is C9H19NO. The van der Waals surface area contributed by atoms with Gasteiger partial charge in [0.15, 0.2) is 0 Å². The lowest BCUT2D eigenvalue weighted by molar-refractivity contribution is 0.0973. The number of hydrogen-bond acceptors (Lipinski definition) is 2. The van der Waals surface area contributed by atoms with Gasteiger partial charge in [-0.15, -0.1) is 0 Å². The molecular weight excluding hydrogens is 138 g/mol. The second-order valence-corrected chi connectivity index (χ2v) is 3.58. The first-order valence-corrected chi connectivity index (χ1v) is 4.58. The van der Waals surface area contributed by atoms with Crippen molar-refractivity contribution in [1.29, 1.82) is 0 Å². The Morgan fingerprint density at radius 3 is 2.36 bits per heavy atom. The molecule has 1 atom stereocenters. The summed E-state index contributed by atoms with van der Waals surface area (Å²) in [6.07, 6.45) is 3.94. The molecule has 0 saturated carbocycles. The zero-order valence-corrected chi connectivity index (χ0v) is 7.60. The van der Waals surface area contributed by atoms with Gasteiger partial charge in [-0.3, -0.25) is 0 Å². The Bertz CT molecular complexity index is 121. The summed E-state index contributed by atoms with van der Waals surface area (Å²) < 4.78 is 5.57. The number of rotatable bonds is 3. The third-order valence-corrected chi connectivity index (χ3v) is 3.05. The zero-order chi connectivity index (χ0) is 8.32. The Kier molecular flexibility index (Phi) is 2.90. The molecule has 2 nitrogen and oxygen atoms in total. The molecule has 1 rings (SSSR count). The minimum Gasteiger partial charge on any atom is -0.376 e. The van der Waals surface area contributed by atoms with Gasteiger partial charge in [0.05, 0.1) is 12.7 Å². The van der Waals surface area contributed by atoms with Gasteiger partial charge in [-0.25, -0.2) is 0 Å². The van der Waals surface area contributed by atoms with E-state index in [2.05, 4.69) is 13.8 Å². The molecule has 1 saturated heterocycles. The Hall–Kier alpha value is -0.0800. The molecule has 0 aliphatic carbocycles. The van der Waals surface area contributed by atoms with Crippen LogP contribution in [-0.2, 0) is 4.74 Å². The highest BCUT2D eigenvalue weighted by atomic mass is 16.5. The van der Waals surface area contributed by atoms with Gasteiger partial charge in [0.2, 0.25) is 0 Å². The van der Waals surface area contributed by atoms with Crippen LogP contribution in [0.15, 0.2) is 0 Å². The smallest absolute Gasteiger partial charge is 0.0703 e. The maximum atomic E-state index is 5.57. The lowest BCUT2D eigenvalue weighted by Gasteiger charge is -2.23. The zero-order valence-electron chi connectivity index (χ0n) is 7.60. The maximum Gasteiger partial charge on any atom is 0.0703 e. The van der Waals surface area contributed by atoms with Crippen molar-refractivity contribution in [2.75, 3.05) is 13.2 Å². The normalized spacial score (nSPS) is 29.2. The van der Waals surface area contributed by atoms with Gasteiger partial charge in [0, 0.05) is 6.54 Å². The van der Waals surface area contributed by atoms with E-state index in [4.69, 9.17) is 10.5 Å². The predicted octanol–water partition coefficient (Wildman–Crippen LogP) is 1.54. The Balaban J connectivity index is 2.48. The molecule has 0 spiro atoms. The molecule has 1 heterocycles. The monoisotopic (exact) mass is 157 g/mol. The fourth-order valence-corrected chi connectivity index (χ4v) is 1.79. The van der Waals surface area contributed by atoms with Crippen LogP contribution in [-0.4, -0.2) is 19.3 Å². The molecule has 0 aromatic carbocycles. The summed E-state index contributed by atoms with van der Waals surface area (Å²) in [4.78, 5) is 0. The average Bonchev–Trinajstić information content (AvgIpc) is 2.49. The Morgan fingerprint density at radius 1 is 1.45 bits per heavy atom. The highest BCUT2D eigenvalue weighted by Gasteiger charge is 2.36. The number of nitrogens with two attached hydrogens (primary N) is 1. The standard InChI is InChI=1S/C9H19NO/c1-3-9(4-2)5-8(6-10)11-7-9/h8H,3-7,10H2,1-2H3. The molecule has 2 N–H and O–H groups in total. The third kappa shape index (κ3) is 1.74. The third-order valence-electron chi connectivity index (χ3n) is 3.05. The van der Waals surface area contributed by atoms with Crippen LogP contribution >= 0.6 is 0 Å². The van der Waals surface area contributed by atoms with E-state index >= 15 is 0 Å². The highest BCUT2D eigenvalue weighted by molar-refractivity contribution is 4.86. The van der Waals surface area contributed by atoms with Crippen LogP contribution in [0.5, 0.6) is 0 Å². The van der Waals surface area contributed by atoms with Gasteiger partial charge in [-0.2, -0.15) is 0 Å². The van der Waals surface area contributed by atoms with Crippen molar-refractivity contribution in [2.24, 2.45) is 11.1 Å². The van der Waals surface area contributed by atoms with Gasteiger partial charge in [0.25, 0.3) is 0 Å². The average molecular weight is 157 g/mol. The summed E-state index contributed by atoms with van der Waals surface area (Å²) >= 11 is 0. The predicted molar refractivity (Wildman–Crippen MR) is 46.4 cm³/mol. The van der Waals surface area contributed by atoms with E-state index in [0.717, 1.165) is 13.0 Å². The highest BCUT2D eigenvalue weighted by Crippen LogP contribution is 2.38. The van der Waals surface area contributed by atoms with E-state index in [1.807, 2.05) is 0 Å². The molecule has 1 unspecified atom stereocenters. The van der Waals surface area contributed by atoms with Crippen LogP contribution in [0, 0.1) is 5.41 Å². The molecule has 0 bridgehead atoms. The largest absolute Gasteiger partial charge is 0.376 e. The van der Waals surface area contributed by atoms with E-state index in [0.29, 0.717) is 18.1 Å². The summed E-state index contributed by atoms with van der Waals surface area (Å²) in [5.41, 5.74) is 5.99. The summed E-state index contributed by atoms with van der Waals surface area (Å²) in [5.74, 6) is 0. The minimum absolute atomic E-state index is 0.329. The molecule has 0 radical (unpaired) electrons. The molecule has 1 aliphatic rings. The van der Waals surface area contributed by atoms with Crippen LogP contribution < -0.4 is 5.73 Å². The van der Waals surface area contributed by atoms with Crippen molar-refractivity contribution >= 4 is 0 Å². The van der Waals surface area contributed by atoms with E-state index in [1.165, 1.54) is 12.8 Å². The van der Waals surface area contributed by atoms with E-state index in [1.54, 1.807) is 0 Å². The maximum absolute atomic E-state index is 5.57. The van der Waals surface area contributed by atoms with Gasteiger partial charge < -0.3 is 10.5 Å². The van der Waals surface area contributed by atoms with Crippen molar-refractivity contribution in [2.45, 2.75) is 39.2 Å². The van der Waals surface area contributed by atoms with Crippen LogP contribution in [0.25, 0.3) is 0 Å². The molecule has 0 aromatic heterocycles. The van der Waals surface area contributed by atoms with Crippen LogP contribution in [0.4, 0.5) is 0 Å². The topological polar surface area (TPSA) is 35.2 Å². The minimum atomic E-state index is 0.329. The molecule has 0 aromatic rings. The fraction of sp³-hybridized carbons (Fsp3) is 1.00. The Labute approximate surface area is 69.1 Å². The van der Waals surface area contributed by atoms with E-state index in [-0.39, 0.29) is 0 Å². The van der Waals surface area contributed by atoms with Crippen molar-refractivity contribution in [3.63, 3.8) is 0 Å². The molecule has 1 fully saturated rings. The van der Waals surface area contributed by atoms with Crippen molar-refractivity contribution < 1.29 is 4.74 Å². The first kappa shape index (κ1) is 9.01. The second kappa shape index (κ2) is 3.55. The summed E-state index contributed by atoms with van der Waals surface area (Å²) in [6, 6.07) is 0. The molecule has 11 heavy (non-hydrogen) atoms. The molecule has 0 amide bonds. The van der Waals surface area contributed by atoms with Crippen molar-refractivity contribution in [1.82, 2.24) is 0 Å². The molecule has 1 aliphatic heterocycles. The first-order chi connectivity index (χ1) is 5.26. The number of ether oxygens (including phenoxy) is 1. The SMILES string of the molecule is CCC1(CC)COC(CN)C1. The number of hydrogen-bond donors (Lipinski definition) is 1. The van der Waals surface area contributed by atoms with Gasteiger partial charge in [-0.1, -0.05) is 13.8 Å². The summed E-state index contributed by atoms with van der Waals surface area (Å²) in [7, 11) is 0. The Morgan fingerprint density at radius 2 is 2.09 bits per heavy atom. The fourth-order valence-electron chi connectivity index (χ4n) is 1.79. The van der Waals surface area contributed by atoms with Gasteiger partial charge >= 0.3 is 0 Å². The van der Waals surface area contributed by atoms with E-state index in [9.17, 15) is 0 Å². The molecule has 2 heteroatoms. The van der Waals surface area contributed by atoms with E-state index < -0.39 is 0 Å². The summed E-state index contributed by atoms with van der Waals surface area (Å²) in [5, 5.41) is 0. The van der Waals surface area contributed by atoms with Gasteiger partial charge in [0.1, 0.15) is 0 Å². The molecule has 66 valence electrons. The van der Waals surface area contributed by atoms with Crippen LogP contribution in [0.1, 0.15) is 33.1 Å². The lowest BCUT2D eigenvalue weighted by atomic mass is 9.80. The quantitative estimate of drug-likeness (QED) is 0.674. The van der Waals surface area contributed by atoms with Crippen LogP contribution in [0.2, 0.25) is 0 Å². The second-order valence-electron chi connectivity index (χ2n) is 3.58. The van der Waals surface area contributed by atoms with Gasteiger partial charge in [-0.05, 0) is 24.7 Å².